The molecule has 0 N–H and O–H groups in total. The minimum atomic E-state index is 0.250. The summed E-state index contributed by atoms with van der Waals surface area (Å²) in [6.45, 7) is 0. The molecule has 1 fully saturated rings. The molecule has 1 aromatic carbocycles. The molecule has 0 saturated heterocycles. The molecule has 1 aliphatic heterocycles. The predicted octanol–water partition coefficient (Wildman–Crippen LogP) is 3.61. The molecule has 0 radical (unpaired) electrons. The first kappa shape index (κ1) is 9.88. The van der Waals surface area contributed by atoms with Crippen molar-refractivity contribution in [1.29, 1.82) is 0 Å². The van der Waals surface area contributed by atoms with E-state index in [4.69, 9.17) is 4.74 Å². The van der Waals surface area contributed by atoms with Crippen LogP contribution in [0.2, 0.25) is 0 Å². The van der Waals surface area contributed by atoms with Crippen LogP contribution in [0.4, 0.5) is 5.69 Å². The van der Waals surface area contributed by atoms with Gasteiger partial charge in [0.2, 0.25) is 0 Å². The lowest BCUT2D eigenvalue weighted by Gasteiger charge is -2.31. The third-order valence-electron chi connectivity index (χ3n) is 3.94. The Morgan fingerprint density at radius 1 is 1.19 bits per heavy atom. The summed E-state index contributed by atoms with van der Waals surface area (Å²) in [5, 5.41) is 0. The van der Waals surface area contributed by atoms with Crippen LogP contribution in [0.15, 0.2) is 23.2 Å². The van der Waals surface area contributed by atoms with Gasteiger partial charge in [-0.3, -0.25) is 4.99 Å². The van der Waals surface area contributed by atoms with Crippen LogP contribution in [0.1, 0.15) is 37.7 Å². The number of methoxy groups -OCH3 is 1. The highest BCUT2D eigenvalue weighted by molar-refractivity contribution is 5.85. The van der Waals surface area contributed by atoms with Crippen molar-refractivity contribution in [2.45, 2.75) is 37.5 Å². The fourth-order valence-corrected chi connectivity index (χ4v) is 3.01. The van der Waals surface area contributed by atoms with E-state index < -0.39 is 0 Å². The Labute approximate surface area is 96.3 Å². The maximum absolute atomic E-state index is 5.24. The third-order valence-corrected chi connectivity index (χ3v) is 3.94. The van der Waals surface area contributed by atoms with Crippen LogP contribution in [0.25, 0.3) is 0 Å². The van der Waals surface area contributed by atoms with E-state index in [0.717, 1.165) is 11.4 Å². The van der Waals surface area contributed by atoms with Gasteiger partial charge in [0.05, 0.1) is 12.8 Å². The van der Waals surface area contributed by atoms with Crippen LogP contribution in [0, 0.1) is 0 Å². The molecule has 0 bridgehead atoms. The highest BCUT2D eigenvalue weighted by Gasteiger charge is 2.37. The van der Waals surface area contributed by atoms with Gasteiger partial charge in [0.15, 0.2) is 0 Å². The number of aliphatic imine (C=N–C) groups is 1. The van der Waals surface area contributed by atoms with Crippen molar-refractivity contribution in [3.63, 3.8) is 0 Å². The standard InChI is InChI=1S/C14H17NO/c1-16-11-5-6-12-13(9-11)15-10-14(12)7-3-2-4-8-14/h5-6,9-10H,2-4,7-8H2,1H3. The minimum absolute atomic E-state index is 0.250. The van der Waals surface area contributed by atoms with Crippen molar-refractivity contribution in [3.05, 3.63) is 23.8 Å². The molecule has 1 heterocycles. The molecule has 1 aromatic rings. The zero-order chi connectivity index (χ0) is 11.0. The number of fused-ring (bicyclic) bond motifs is 2. The summed E-state index contributed by atoms with van der Waals surface area (Å²) < 4.78 is 5.24. The fraction of sp³-hybridized carbons (Fsp3) is 0.500. The van der Waals surface area contributed by atoms with Crippen LogP contribution in [-0.4, -0.2) is 13.3 Å². The zero-order valence-electron chi connectivity index (χ0n) is 9.70. The molecule has 1 saturated carbocycles. The Bertz CT molecular complexity index is 430. The van der Waals surface area contributed by atoms with Gasteiger partial charge in [-0.2, -0.15) is 0 Å². The van der Waals surface area contributed by atoms with E-state index in [0.29, 0.717) is 0 Å². The normalized spacial score (nSPS) is 21.1. The van der Waals surface area contributed by atoms with Crippen LogP contribution < -0.4 is 4.74 Å². The van der Waals surface area contributed by atoms with E-state index >= 15 is 0 Å². The summed E-state index contributed by atoms with van der Waals surface area (Å²) in [4.78, 5) is 4.58. The quantitative estimate of drug-likeness (QED) is 0.701. The van der Waals surface area contributed by atoms with Crippen molar-refractivity contribution in [3.8, 4) is 5.75 Å². The molecule has 0 aromatic heterocycles. The molecule has 0 atom stereocenters. The lowest BCUT2D eigenvalue weighted by Crippen LogP contribution is -2.28. The average molecular weight is 215 g/mol. The molecule has 84 valence electrons. The van der Waals surface area contributed by atoms with E-state index in [-0.39, 0.29) is 5.41 Å². The minimum Gasteiger partial charge on any atom is -0.497 e. The van der Waals surface area contributed by atoms with E-state index in [2.05, 4.69) is 29.4 Å². The van der Waals surface area contributed by atoms with Crippen molar-refractivity contribution in [2.75, 3.05) is 7.11 Å². The van der Waals surface area contributed by atoms with E-state index in [1.165, 1.54) is 37.7 Å². The summed E-state index contributed by atoms with van der Waals surface area (Å²) in [5.41, 5.74) is 2.77. The Hall–Kier alpha value is -1.31. The highest BCUT2D eigenvalue weighted by Crippen LogP contribution is 2.46. The number of nitrogens with zero attached hydrogens (tertiary/aromatic N) is 1. The van der Waals surface area contributed by atoms with Crippen molar-refractivity contribution in [2.24, 2.45) is 4.99 Å². The van der Waals surface area contributed by atoms with Crippen LogP contribution in [0.5, 0.6) is 5.75 Å². The Morgan fingerprint density at radius 2 is 2.00 bits per heavy atom. The molecule has 3 rings (SSSR count). The smallest absolute Gasteiger partial charge is 0.121 e. The molecule has 2 aliphatic rings. The summed E-state index contributed by atoms with van der Waals surface area (Å²) in [6.07, 6.45) is 8.73. The summed E-state index contributed by atoms with van der Waals surface area (Å²) in [5.74, 6) is 0.906. The van der Waals surface area contributed by atoms with Gasteiger partial charge in [-0.25, -0.2) is 0 Å². The van der Waals surface area contributed by atoms with Crippen LogP contribution in [-0.2, 0) is 5.41 Å². The predicted molar refractivity (Wildman–Crippen MR) is 65.9 cm³/mol. The maximum atomic E-state index is 5.24. The molecule has 2 heteroatoms. The highest BCUT2D eigenvalue weighted by atomic mass is 16.5. The summed E-state index contributed by atoms with van der Waals surface area (Å²) >= 11 is 0. The molecule has 1 spiro atoms. The second-order valence-electron chi connectivity index (χ2n) is 4.86. The first-order valence-corrected chi connectivity index (χ1v) is 6.08. The molecular weight excluding hydrogens is 198 g/mol. The van der Waals surface area contributed by atoms with Gasteiger partial charge in [-0.1, -0.05) is 25.3 Å². The Balaban J connectivity index is 2.02. The second-order valence-corrected chi connectivity index (χ2v) is 4.86. The topological polar surface area (TPSA) is 21.6 Å². The van der Waals surface area contributed by atoms with Gasteiger partial charge in [0, 0.05) is 17.7 Å². The number of rotatable bonds is 1. The van der Waals surface area contributed by atoms with Gasteiger partial charge in [0.25, 0.3) is 0 Å². The van der Waals surface area contributed by atoms with Gasteiger partial charge < -0.3 is 4.74 Å². The van der Waals surface area contributed by atoms with Crippen molar-refractivity contribution < 1.29 is 4.74 Å². The van der Waals surface area contributed by atoms with Gasteiger partial charge >= 0.3 is 0 Å². The lowest BCUT2D eigenvalue weighted by atomic mass is 9.71. The Kier molecular flexibility index (Phi) is 2.23. The van der Waals surface area contributed by atoms with Crippen LogP contribution >= 0.6 is 0 Å². The van der Waals surface area contributed by atoms with Crippen molar-refractivity contribution in [1.82, 2.24) is 0 Å². The molecule has 1 aliphatic carbocycles. The monoisotopic (exact) mass is 215 g/mol. The molecular formula is C14H17NO. The molecule has 16 heavy (non-hydrogen) atoms. The third kappa shape index (κ3) is 1.36. The van der Waals surface area contributed by atoms with Gasteiger partial charge in [-0.15, -0.1) is 0 Å². The SMILES string of the molecule is COc1ccc2c(c1)N=CC21CCCCC1. The fourth-order valence-electron chi connectivity index (χ4n) is 3.01. The number of hydrogen-bond donors (Lipinski definition) is 0. The largest absolute Gasteiger partial charge is 0.497 e. The molecule has 0 unspecified atom stereocenters. The van der Waals surface area contributed by atoms with Gasteiger partial charge in [0.1, 0.15) is 5.75 Å². The van der Waals surface area contributed by atoms with E-state index in [9.17, 15) is 0 Å². The lowest BCUT2D eigenvalue weighted by molar-refractivity contribution is 0.390. The van der Waals surface area contributed by atoms with E-state index in [1.54, 1.807) is 7.11 Å². The first-order valence-electron chi connectivity index (χ1n) is 6.08. The number of hydrogen-bond acceptors (Lipinski definition) is 2. The Morgan fingerprint density at radius 3 is 2.75 bits per heavy atom. The number of benzene rings is 1. The molecule has 2 nitrogen and oxygen atoms in total. The van der Waals surface area contributed by atoms with Crippen molar-refractivity contribution >= 4 is 11.9 Å². The van der Waals surface area contributed by atoms with Gasteiger partial charge in [-0.05, 0) is 24.5 Å². The van der Waals surface area contributed by atoms with E-state index in [1.807, 2.05) is 0 Å². The zero-order valence-corrected chi connectivity index (χ0v) is 9.70. The summed E-state index contributed by atoms with van der Waals surface area (Å²) in [7, 11) is 1.71. The maximum Gasteiger partial charge on any atom is 0.121 e. The summed E-state index contributed by atoms with van der Waals surface area (Å²) in [6, 6.07) is 6.31. The second kappa shape index (κ2) is 3.62. The van der Waals surface area contributed by atoms with Crippen LogP contribution in [0.3, 0.4) is 0 Å². The number of ether oxygens (including phenoxy) is 1. The first-order chi connectivity index (χ1) is 7.84. The average Bonchev–Trinajstić information content (AvgIpc) is 2.69. The molecule has 0 amide bonds.